The van der Waals surface area contributed by atoms with Crippen molar-refractivity contribution in [1.82, 2.24) is 15.3 Å². The van der Waals surface area contributed by atoms with E-state index in [9.17, 15) is 4.79 Å². The van der Waals surface area contributed by atoms with Crippen molar-refractivity contribution in [2.75, 3.05) is 5.73 Å². The van der Waals surface area contributed by atoms with Crippen LogP contribution in [0.4, 0.5) is 5.82 Å². The van der Waals surface area contributed by atoms with Crippen molar-refractivity contribution in [3.8, 4) is 0 Å². The molecule has 0 aliphatic carbocycles. The highest BCUT2D eigenvalue weighted by Gasteiger charge is 2.13. The summed E-state index contributed by atoms with van der Waals surface area (Å²) in [4.78, 5) is 22.0. The van der Waals surface area contributed by atoms with Crippen LogP contribution < -0.4 is 11.1 Å². The average Bonchev–Trinajstić information content (AvgIpc) is 2.76. The van der Waals surface area contributed by atoms with Gasteiger partial charge < -0.3 is 11.1 Å². The van der Waals surface area contributed by atoms with E-state index in [0.717, 1.165) is 4.88 Å². The molecule has 2 aromatic heterocycles. The summed E-state index contributed by atoms with van der Waals surface area (Å²) in [6.07, 6.45) is 2.74. The van der Waals surface area contributed by atoms with Crippen LogP contribution in [0.3, 0.4) is 0 Å². The van der Waals surface area contributed by atoms with Gasteiger partial charge in [0, 0.05) is 9.75 Å². The van der Waals surface area contributed by atoms with Gasteiger partial charge in [-0.1, -0.05) is 0 Å². The molecule has 18 heavy (non-hydrogen) atoms. The third kappa shape index (κ3) is 2.84. The van der Waals surface area contributed by atoms with Crippen LogP contribution in [0.1, 0.15) is 33.2 Å². The number of nitrogens with zero attached hydrogens (tertiary/aromatic N) is 2. The fraction of sp³-hybridized carbons (Fsp3) is 0.250. The maximum atomic E-state index is 11.9. The van der Waals surface area contributed by atoms with Crippen molar-refractivity contribution in [3.05, 3.63) is 40.0 Å². The number of anilines is 1. The zero-order chi connectivity index (χ0) is 13.1. The van der Waals surface area contributed by atoms with E-state index in [1.54, 1.807) is 11.3 Å². The molecular formula is C12H14N4OS. The Labute approximate surface area is 109 Å². The Morgan fingerprint density at radius 2 is 2.17 bits per heavy atom. The number of nitrogens with one attached hydrogen (secondary N) is 1. The Balaban J connectivity index is 2.05. The maximum absolute atomic E-state index is 11.9. The summed E-state index contributed by atoms with van der Waals surface area (Å²) in [6, 6.07) is 4.00. The predicted octanol–water partition coefficient (Wildman–Crippen LogP) is 1.92. The molecule has 0 bridgehead atoms. The Kier molecular flexibility index (Phi) is 3.57. The van der Waals surface area contributed by atoms with E-state index in [2.05, 4.69) is 15.3 Å². The van der Waals surface area contributed by atoms with E-state index in [0.29, 0.717) is 5.82 Å². The van der Waals surface area contributed by atoms with E-state index in [4.69, 9.17) is 5.73 Å². The van der Waals surface area contributed by atoms with Gasteiger partial charge in [0.2, 0.25) is 0 Å². The van der Waals surface area contributed by atoms with Gasteiger partial charge in [-0.3, -0.25) is 4.79 Å². The molecular weight excluding hydrogens is 248 g/mol. The topological polar surface area (TPSA) is 80.9 Å². The van der Waals surface area contributed by atoms with Crippen molar-refractivity contribution < 1.29 is 4.79 Å². The van der Waals surface area contributed by atoms with Gasteiger partial charge in [0.05, 0.1) is 18.4 Å². The zero-order valence-corrected chi connectivity index (χ0v) is 11.0. The second-order valence-electron chi connectivity index (χ2n) is 3.97. The molecule has 94 valence electrons. The fourth-order valence-corrected chi connectivity index (χ4v) is 2.36. The number of nitrogen functional groups attached to an aromatic ring is 1. The van der Waals surface area contributed by atoms with Crippen molar-refractivity contribution in [1.29, 1.82) is 0 Å². The predicted molar refractivity (Wildman–Crippen MR) is 71.4 cm³/mol. The van der Waals surface area contributed by atoms with Gasteiger partial charge in [-0.05, 0) is 26.0 Å². The first kappa shape index (κ1) is 12.5. The number of carbonyl (C=O) groups excluding carboxylic acids is 1. The molecule has 6 heteroatoms. The lowest BCUT2D eigenvalue weighted by Crippen LogP contribution is -2.27. The monoisotopic (exact) mass is 262 g/mol. The first-order valence-electron chi connectivity index (χ1n) is 5.51. The highest BCUT2D eigenvalue weighted by atomic mass is 32.1. The molecule has 2 heterocycles. The molecule has 0 saturated heterocycles. The van der Waals surface area contributed by atoms with Gasteiger partial charge in [-0.15, -0.1) is 11.3 Å². The smallest absolute Gasteiger partial charge is 0.271 e. The van der Waals surface area contributed by atoms with Crippen LogP contribution in [0.15, 0.2) is 24.5 Å². The summed E-state index contributed by atoms with van der Waals surface area (Å²) in [5.74, 6) is 0.0505. The molecule has 0 aromatic carbocycles. The largest absolute Gasteiger partial charge is 0.382 e. The molecule has 0 radical (unpaired) electrons. The second-order valence-corrected chi connectivity index (χ2v) is 5.29. The van der Waals surface area contributed by atoms with Gasteiger partial charge in [0.25, 0.3) is 5.91 Å². The van der Waals surface area contributed by atoms with Crippen molar-refractivity contribution >= 4 is 23.1 Å². The molecule has 2 rings (SSSR count). The normalized spacial score (nSPS) is 12.1. The number of amides is 1. The Bertz CT molecular complexity index is 549. The number of aromatic nitrogens is 2. The molecule has 5 nitrogen and oxygen atoms in total. The van der Waals surface area contributed by atoms with Crippen molar-refractivity contribution in [2.24, 2.45) is 0 Å². The number of hydrogen-bond donors (Lipinski definition) is 2. The zero-order valence-electron chi connectivity index (χ0n) is 10.2. The highest BCUT2D eigenvalue weighted by Crippen LogP contribution is 2.22. The van der Waals surface area contributed by atoms with Crippen LogP contribution in [-0.4, -0.2) is 15.9 Å². The summed E-state index contributed by atoms with van der Waals surface area (Å²) in [7, 11) is 0. The van der Waals surface area contributed by atoms with Crippen LogP contribution in [0.2, 0.25) is 0 Å². The number of nitrogens with two attached hydrogens (primary N) is 1. The molecule has 1 amide bonds. The standard InChI is InChI=1S/C12H14N4OS/c1-7-3-4-10(18-7)8(2)16-12(17)9-5-15-11(13)6-14-9/h3-6,8H,1-2H3,(H2,13,15)(H,16,17). The summed E-state index contributed by atoms with van der Waals surface area (Å²) in [5.41, 5.74) is 5.69. The minimum atomic E-state index is -0.249. The minimum Gasteiger partial charge on any atom is -0.382 e. The van der Waals surface area contributed by atoms with Crippen molar-refractivity contribution in [2.45, 2.75) is 19.9 Å². The highest BCUT2D eigenvalue weighted by molar-refractivity contribution is 7.12. The summed E-state index contributed by atoms with van der Waals surface area (Å²) >= 11 is 1.66. The number of rotatable bonds is 3. The van der Waals surface area contributed by atoms with E-state index < -0.39 is 0 Å². The lowest BCUT2D eigenvalue weighted by Gasteiger charge is -2.11. The summed E-state index contributed by atoms with van der Waals surface area (Å²) in [5, 5.41) is 2.87. The van der Waals surface area contributed by atoms with E-state index in [1.807, 2.05) is 26.0 Å². The van der Waals surface area contributed by atoms with Crippen LogP contribution >= 0.6 is 11.3 Å². The lowest BCUT2D eigenvalue weighted by molar-refractivity contribution is 0.0935. The molecule has 1 unspecified atom stereocenters. The number of hydrogen-bond acceptors (Lipinski definition) is 5. The first-order chi connectivity index (χ1) is 8.56. The number of carbonyl (C=O) groups is 1. The van der Waals surface area contributed by atoms with Crippen molar-refractivity contribution in [3.63, 3.8) is 0 Å². The van der Waals surface area contributed by atoms with E-state index in [-0.39, 0.29) is 17.6 Å². The molecule has 3 N–H and O–H groups in total. The maximum Gasteiger partial charge on any atom is 0.271 e. The van der Waals surface area contributed by atoms with Gasteiger partial charge in [-0.2, -0.15) is 0 Å². The molecule has 1 atom stereocenters. The minimum absolute atomic E-state index is 0.0458. The molecule has 0 aliphatic rings. The Morgan fingerprint density at radius 1 is 1.39 bits per heavy atom. The molecule has 0 spiro atoms. The molecule has 0 aliphatic heterocycles. The van der Waals surface area contributed by atoms with Crippen LogP contribution in [-0.2, 0) is 0 Å². The van der Waals surface area contributed by atoms with Gasteiger partial charge in [0.15, 0.2) is 0 Å². The van der Waals surface area contributed by atoms with Crippen LogP contribution in [0.5, 0.6) is 0 Å². The molecule has 0 saturated carbocycles. The molecule has 2 aromatic rings. The third-order valence-electron chi connectivity index (χ3n) is 2.44. The molecule has 0 fully saturated rings. The summed E-state index contributed by atoms with van der Waals surface area (Å²) < 4.78 is 0. The van der Waals surface area contributed by atoms with Crippen LogP contribution in [0.25, 0.3) is 0 Å². The van der Waals surface area contributed by atoms with Crippen LogP contribution in [0, 0.1) is 6.92 Å². The van der Waals surface area contributed by atoms with E-state index in [1.165, 1.54) is 17.3 Å². The third-order valence-corrected chi connectivity index (χ3v) is 3.62. The Morgan fingerprint density at radius 3 is 2.72 bits per heavy atom. The lowest BCUT2D eigenvalue weighted by atomic mass is 10.2. The fourth-order valence-electron chi connectivity index (χ4n) is 1.48. The number of thiophene rings is 1. The SMILES string of the molecule is Cc1ccc(C(C)NC(=O)c2cnc(N)cn2)s1. The average molecular weight is 262 g/mol. The quantitative estimate of drug-likeness (QED) is 0.885. The second kappa shape index (κ2) is 5.14. The Hall–Kier alpha value is -1.95. The van der Waals surface area contributed by atoms with Gasteiger partial charge in [-0.25, -0.2) is 9.97 Å². The van der Waals surface area contributed by atoms with Gasteiger partial charge in [0.1, 0.15) is 11.5 Å². The van der Waals surface area contributed by atoms with Gasteiger partial charge >= 0.3 is 0 Å². The van der Waals surface area contributed by atoms with E-state index >= 15 is 0 Å². The summed E-state index contributed by atoms with van der Waals surface area (Å²) in [6.45, 7) is 3.97. The first-order valence-corrected chi connectivity index (χ1v) is 6.32. The number of aryl methyl sites for hydroxylation is 1.